The van der Waals surface area contributed by atoms with Crippen molar-refractivity contribution in [2.75, 3.05) is 13.7 Å². The van der Waals surface area contributed by atoms with Gasteiger partial charge < -0.3 is 14.6 Å². The van der Waals surface area contributed by atoms with Crippen molar-refractivity contribution in [3.05, 3.63) is 41.5 Å². The third-order valence-electron chi connectivity index (χ3n) is 2.39. The van der Waals surface area contributed by atoms with Crippen LogP contribution < -0.4 is 9.47 Å². The Kier molecular flexibility index (Phi) is 3.14. The monoisotopic (exact) mass is 232 g/mol. The average Bonchev–Trinajstić information content (AvgIpc) is 2.35. The van der Waals surface area contributed by atoms with Gasteiger partial charge in [-0.25, -0.2) is 4.79 Å². The summed E-state index contributed by atoms with van der Waals surface area (Å²) in [6.07, 6.45) is 4.52. The molecule has 1 aliphatic rings. The van der Waals surface area contributed by atoms with Gasteiger partial charge in [-0.1, -0.05) is 12.1 Å². The van der Waals surface area contributed by atoms with Gasteiger partial charge in [-0.05, 0) is 23.8 Å². The minimum atomic E-state index is -0.970. The van der Waals surface area contributed by atoms with E-state index in [2.05, 4.69) is 0 Å². The highest BCUT2D eigenvalue weighted by atomic mass is 16.5. The van der Waals surface area contributed by atoms with E-state index in [-0.39, 0.29) is 0 Å². The Morgan fingerprint density at radius 3 is 3.06 bits per heavy atom. The highest BCUT2D eigenvalue weighted by Gasteiger charge is 2.14. The Bertz CT molecular complexity index is 500. The zero-order valence-electron chi connectivity index (χ0n) is 9.34. The van der Waals surface area contributed by atoms with Crippen molar-refractivity contribution in [1.82, 2.24) is 0 Å². The molecule has 1 N–H and O–H groups in total. The Labute approximate surface area is 98.8 Å². The summed E-state index contributed by atoms with van der Waals surface area (Å²) < 4.78 is 10.7. The number of carboxylic acid groups (broad SMARTS) is 1. The topological polar surface area (TPSA) is 55.8 Å². The predicted octanol–water partition coefficient (Wildman–Crippen LogP) is 2.11. The summed E-state index contributed by atoms with van der Waals surface area (Å²) in [5.74, 6) is 0.407. The smallest absolute Gasteiger partial charge is 0.328 e. The molecule has 0 aromatic heterocycles. The molecule has 88 valence electrons. The highest BCUT2D eigenvalue weighted by molar-refractivity contribution is 5.81. The maximum Gasteiger partial charge on any atom is 0.328 e. The molecule has 0 fully saturated rings. The van der Waals surface area contributed by atoms with Crippen molar-refractivity contribution >= 4 is 12.0 Å². The van der Waals surface area contributed by atoms with Crippen LogP contribution >= 0.6 is 0 Å². The minimum Gasteiger partial charge on any atom is -0.493 e. The van der Waals surface area contributed by atoms with Gasteiger partial charge in [0.15, 0.2) is 11.5 Å². The molecular weight excluding hydrogens is 220 g/mol. The number of fused-ring (bicyclic) bond motifs is 1. The van der Waals surface area contributed by atoms with Gasteiger partial charge in [-0.2, -0.15) is 0 Å². The summed E-state index contributed by atoms with van der Waals surface area (Å²) in [4.78, 5) is 10.4. The quantitative estimate of drug-likeness (QED) is 0.811. The van der Waals surface area contributed by atoms with E-state index in [1.165, 1.54) is 6.08 Å². The number of aliphatic carboxylic acids is 1. The van der Waals surface area contributed by atoms with Crippen LogP contribution in [0.15, 0.2) is 35.9 Å². The number of carboxylic acids is 1. The van der Waals surface area contributed by atoms with Crippen LogP contribution in [0.1, 0.15) is 5.56 Å². The lowest BCUT2D eigenvalue weighted by Crippen LogP contribution is -2.07. The molecule has 0 atom stereocenters. The highest BCUT2D eigenvalue weighted by Crippen LogP contribution is 2.35. The lowest BCUT2D eigenvalue weighted by atomic mass is 10.1. The third kappa shape index (κ3) is 2.47. The molecule has 0 saturated heterocycles. The predicted molar refractivity (Wildman–Crippen MR) is 63.2 cm³/mol. The van der Waals surface area contributed by atoms with Crippen molar-refractivity contribution in [1.29, 1.82) is 0 Å². The number of methoxy groups -OCH3 is 1. The number of benzene rings is 1. The standard InChI is InChI=1S/C13H12O4/c1-16-11-4-2-3-10-7-9(5-6-12(14)15)8-17-13(10)11/h2-7H,8H2,1H3,(H,14,15). The Morgan fingerprint density at radius 2 is 2.35 bits per heavy atom. The second kappa shape index (κ2) is 4.74. The van der Waals surface area contributed by atoms with Gasteiger partial charge in [0, 0.05) is 11.6 Å². The fourth-order valence-electron chi connectivity index (χ4n) is 1.63. The minimum absolute atomic E-state index is 0.344. The zero-order valence-corrected chi connectivity index (χ0v) is 9.34. The number of ether oxygens (including phenoxy) is 2. The molecule has 4 nitrogen and oxygen atoms in total. The molecule has 1 aromatic carbocycles. The SMILES string of the molecule is COc1cccc2c1OCC(C=CC(=O)O)=C2. The number of rotatable bonds is 3. The molecule has 17 heavy (non-hydrogen) atoms. The summed E-state index contributed by atoms with van der Waals surface area (Å²) in [7, 11) is 1.59. The fourth-order valence-corrected chi connectivity index (χ4v) is 1.63. The van der Waals surface area contributed by atoms with E-state index in [9.17, 15) is 4.79 Å². The van der Waals surface area contributed by atoms with Crippen molar-refractivity contribution in [2.45, 2.75) is 0 Å². The normalized spacial score (nSPS) is 13.8. The lowest BCUT2D eigenvalue weighted by molar-refractivity contribution is -0.131. The molecule has 1 aromatic rings. The largest absolute Gasteiger partial charge is 0.493 e. The van der Waals surface area contributed by atoms with Gasteiger partial charge in [0.25, 0.3) is 0 Å². The zero-order chi connectivity index (χ0) is 12.3. The molecule has 0 bridgehead atoms. The Morgan fingerprint density at radius 1 is 1.53 bits per heavy atom. The van der Waals surface area contributed by atoms with Crippen LogP contribution in [0.3, 0.4) is 0 Å². The summed E-state index contributed by atoms with van der Waals surface area (Å²) in [6.45, 7) is 0.344. The van der Waals surface area contributed by atoms with E-state index in [4.69, 9.17) is 14.6 Å². The van der Waals surface area contributed by atoms with Gasteiger partial charge >= 0.3 is 5.97 Å². The van der Waals surface area contributed by atoms with Gasteiger partial charge in [0.2, 0.25) is 0 Å². The molecular formula is C13H12O4. The molecule has 0 aliphatic carbocycles. The number of para-hydroxylation sites is 1. The first kappa shape index (κ1) is 11.3. The molecule has 4 heteroatoms. The molecule has 0 amide bonds. The van der Waals surface area contributed by atoms with E-state index >= 15 is 0 Å². The van der Waals surface area contributed by atoms with Crippen LogP contribution in [-0.2, 0) is 4.79 Å². The molecule has 1 aliphatic heterocycles. The number of hydrogen-bond acceptors (Lipinski definition) is 3. The molecule has 1 heterocycles. The van der Waals surface area contributed by atoms with E-state index in [0.29, 0.717) is 18.1 Å². The van der Waals surface area contributed by atoms with E-state index < -0.39 is 5.97 Å². The molecule has 0 radical (unpaired) electrons. The molecule has 0 unspecified atom stereocenters. The summed E-state index contributed by atoms with van der Waals surface area (Å²) in [5, 5.41) is 8.55. The van der Waals surface area contributed by atoms with E-state index in [1.54, 1.807) is 7.11 Å². The maximum atomic E-state index is 10.4. The molecule has 0 saturated carbocycles. The first-order chi connectivity index (χ1) is 8.20. The van der Waals surface area contributed by atoms with E-state index in [1.807, 2.05) is 24.3 Å². The first-order valence-electron chi connectivity index (χ1n) is 5.12. The van der Waals surface area contributed by atoms with Crippen molar-refractivity contribution in [2.24, 2.45) is 0 Å². The summed E-state index contributed by atoms with van der Waals surface area (Å²) in [5.41, 5.74) is 1.70. The van der Waals surface area contributed by atoms with Crippen LogP contribution in [0.2, 0.25) is 0 Å². The van der Waals surface area contributed by atoms with Crippen LogP contribution in [0.5, 0.6) is 11.5 Å². The van der Waals surface area contributed by atoms with Crippen LogP contribution in [0.25, 0.3) is 6.08 Å². The molecule has 2 rings (SSSR count). The van der Waals surface area contributed by atoms with Crippen LogP contribution in [-0.4, -0.2) is 24.8 Å². The Balaban J connectivity index is 2.32. The Hall–Kier alpha value is -2.23. The number of carbonyl (C=O) groups is 1. The van der Waals surface area contributed by atoms with Gasteiger partial charge in [-0.3, -0.25) is 0 Å². The summed E-state index contributed by atoms with van der Waals surface area (Å²) in [6, 6.07) is 5.58. The fraction of sp³-hybridized carbons (Fsp3) is 0.154. The summed E-state index contributed by atoms with van der Waals surface area (Å²) >= 11 is 0. The maximum absolute atomic E-state index is 10.4. The third-order valence-corrected chi connectivity index (χ3v) is 2.39. The molecule has 0 spiro atoms. The average molecular weight is 232 g/mol. The second-order valence-electron chi connectivity index (χ2n) is 3.56. The number of hydrogen-bond donors (Lipinski definition) is 1. The van der Waals surface area contributed by atoms with Gasteiger partial charge in [-0.15, -0.1) is 0 Å². The van der Waals surface area contributed by atoms with Crippen LogP contribution in [0, 0.1) is 0 Å². The lowest BCUT2D eigenvalue weighted by Gasteiger charge is -2.18. The van der Waals surface area contributed by atoms with E-state index in [0.717, 1.165) is 17.2 Å². The van der Waals surface area contributed by atoms with Gasteiger partial charge in [0.1, 0.15) is 6.61 Å². The van der Waals surface area contributed by atoms with Gasteiger partial charge in [0.05, 0.1) is 7.11 Å². The van der Waals surface area contributed by atoms with Crippen molar-refractivity contribution in [3.8, 4) is 11.5 Å². The first-order valence-corrected chi connectivity index (χ1v) is 5.12. The second-order valence-corrected chi connectivity index (χ2v) is 3.56. The van der Waals surface area contributed by atoms with Crippen molar-refractivity contribution < 1.29 is 19.4 Å². The van der Waals surface area contributed by atoms with Crippen molar-refractivity contribution in [3.63, 3.8) is 0 Å². The van der Waals surface area contributed by atoms with Crippen LogP contribution in [0.4, 0.5) is 0 Å².